The number of hydrogen-bond acceptors (Lipinski definition) is 4. The number of nitrogens with zero attached hydrogens (tertiary/aromatic N) is 5. The summed E-state index contributed by atoms with van der Waals surface area (Å²) in [4.78, 5) is 8.06. The lowest BCUT2D eigenvalue weighted by Crippen LogP contribution is -2.38. The van der Waals surface area contributed by atoms with Crippen LogP contribution in [-0.4, -0.2) is 39.2 Å². The monoisotopic (exact) mass is 512 g/mol. The van der Waals surface area contributed by atoms with Gasteiger partial charge in [0.15, 0.2) is 11.8 Å². The van der Waals surface area contributed by atoms with Crippen LogP contribution in [0.1, 0.15) is 23.4 Å². The molecule has 2 rings (SSSR count). The molecular weight excluding hydrogens is 491 g/mol. The Labute approximate surface area is 166 Å². The largest absolute Gasteiger partial charge is 0.357 e. The second kappa shape index (κ2) is 9.58. The molecular formula is C14H22BrIN6S. The van der Waals surface area contributed by atoms with Crippen molar-refractivity contribution in [3.8, 4) is 0 Å². The summed E-state index contributed by atoms with van der Waals surface area (Å²) in [5.41, 5.74) is 0. The summed E-state index contributed by atoms with van der Waals surface area (Å²) in [6, 6.07) is 4.20. The maximum atomic E-state index is 4.66. The highest BCUT2D eigenvalue weighted by molar-refractivity contribution is 14.0. The van der Waals surface area contributed by atoms with E-state index in [0.29, 0.717) is 6.54 Å². The highest BCUT2D eigenvalue weighted by Gasteiger charge is 2.10. The number of rotatable bonds is 5. The Bertz CT molecular complexity index is 653. The van der Waals surface area contributed by atoms with Gasteiger partial charge in [-0.1, -0.05) is 0 Å². The molecule has 0 atom stereocenters. The third-order valence-corrected chi connectivity index (χ3v) is 4.88. The molecule has 0 aromatic carbocycles. The van der Waals surface area contributed by atoms with E-state index in [9.17, 15) is 0 Å². The Morgan fingerprint density at radius 3 is 2.70 bits per heavy atom. The molecule has 128 valence electrons. The second-order valence-electron chi connectivity index (χ2n) is 4.95. The van der Waals surface area contributed by atoms with Crippen molar-refractivity contribution < 1.29 is 0 Å². The van der Waals surface area contributed by atoms with Crippen LogP contribution in [0.25, 0.3) is 0 Å². The van der Waals surface area contributed by atoms with Gasteiger partial charge in [0.25, 0.3) is 0 Å². The topological polar surface area (TPSA) is 58.3 Å². The molecule has 0 saturated carbocycles. The van der Waals surface area contributed by atoms with E-state index in [1.807, 2.05) is 25.6 Å². The molecule has 2 aromatic rings. The molecule has 6 nitrogen and oxygen atoms in total. The van der Waals surface area contributed by atoms with Gasteiger partial charge in [-0.15, -0.1) is 45.5 Å². The normalized spacial score (nSPS) is 11.3. The van der Waals surface area contributed by atoms with E-state index in [1.165, 1.54) is 4.88 Å². The molecule has 0 bridgehead atoms. The lowest BCUT2D eigenvalue weighted by Gasteiger charge is -2.21. The first kappa shape index (κ1) is 20.4. The van der Waals surface area contributed by atoms with Crippen LogP contribution in [0.4, 0.5) is 0 Å². The third-order valence-electron chi connectivity index (χ3n) is 3.27. The first-order valence-corrected chi connectivity index (χ1v) is 8.70. The molecule has 1 N–H and O–H groups in total. The van der Waals surface area contributed by atoms with Crippen LogP contribution in [0.5, 0.6) is 0 Å². The predicted molar refractivity (Wildman–Crippen MR) is 109 cm³/mol. The number of halogens is 2. The van der Waals surface area contributed by atoms with Crippen molar-refractivity contribution in [3.05, 3.63) is 32.4 Å². The Balaban J connectivity index is 0.00000264. The average molecular weight is 513 g/mol. The summed E-state index contributed by atoms with van der Waals surface area (Å²) in [7, 11) is 4.00. The molecule has 0 radical (unpaired) electrons. The minimum absolute atomic E-state index is 0. The van der Waals surface area contributed by atoms with Gasteiger partial charge in [-0.05, 0) is 41.9 Å². The zero-order valence-electron chi connectivity index (χ0n) is 13.7. The van der Waals surface area contributed by atoms with E-state index < -0.39 is 0 Å². The lowest BCUT2D eigenvalue weighted by molar-refractivity contribution is 0.480. The Hall–Kier alpha value is -0.680. The Morgan fingerprint density at radius 1 is 1.43 bits per heavy atom. The number of nitrogens with one attached hydrogen (secondary N) is 1. The summed E-state index contributed by atoms with van der Waals surface area (Å²) in [5, 5.41) is 11.5. The number of guanidine groups is 1. The molecule has 0 aliphatic heterocycles. The fraction of sp³-hybridized carbons (Fsp3) is 0.500. The number of aliphatic imine (C=N–C) groups is 1. The summed E-state index contributed by atoms with van der Waals surface area (Å²) < 4.78 is 3.11. The molecule has 0 amide bonds. The van der Waals surface area contributed by atoms with Gasteiger partial charge in [0.1, 0.15) is 12.4 Å². The lowest BCUT2D eigenvalue weighted by atomic mass is 10.4. The summed E-state index contributed by atoms with van der Waals surface area (Å²) >= 11 is 5.24. The van der Waals surface area contributed by atoms with E-state index in [4.69, 9.17) is 0 Å². The smallest absolute Gasteiger partial charge is 0.194 e. The number of thiophene rings is 1. The number of hydrogen-bond donors (Lipinski definition) is 1. The highest BCUT2D eigenvalue weighted by atomic mass is 127. The minimum atomic E-state index is 0. The van der Waals surface area contributed by atoms with Crippen molar-refractivity contribution in [2.45, 2.75) is 26.9 Å². The van der Waals surface area contributed by atoms with Gasteiger partial charge in [0.05, 0.1) is 10.3 Å². The number of aryl methyl sites for hydroxylation is 1. The van der Waals surface area contributed by atoms with Crippen molar-refractivity contribution in [2.24, 2.45) is 12.0 Å². The zero-order valence-corrected chi connectivity index (χ0v) is 18.4. The molecule has 0 aliphatic carbocycles. The van der Waals surface area contributed by atoms with E-state index in [1.54, 1.807) is 11.3 Å². The quantitative estimate of drug-likeness (QED) is 0.380. The van der Waals surface area contributed by atoms with E-state index >= 15 is 0 Å². The van der Waals surface area contributed by atoms with Crippen molar-refractivity contribution in [1.82, 2.24) is 25.0 Å². The van der Waals surface area contributed by atoms with Gasteiger partial charge in [0, 0.05) is 25.5 Å². The summed E-state index contributed by atoms with van der Waals surface area (Å²) in [5.74, 6) is 2.62. The van der Waals surface area contributed by atoms with E-state index in [2.05, 4.69) is 60.4 Å². The van der Waals surface area contributed by atoms with E-state index in [0.717, 1.165) is 34.5 Å². The van der Waals surface area contributed by atoms with Crippen LogP contribution in [0.3, 0.4) is 0 Å². The third kappa shape index (κ3) is 5.71. The number of aromatic nitrogens is 3. The van der Waals surface area contributed by atoms with Gasteiger partial charge < -0.3 is 14.8 Å². The Morgan fingerprint density at radius 2 is 2.17 bits per heavy atom. The van der Waals surface area contributed by atoms with Gasteiger partial charge in [0.2, 0.25) is 0 Å². The van der Waals surface area contributed by atoms with Gasteiger partial charge in [-0.3, -0.25) is 0 Å². The summed E-state index contributed by atoms with van der Waals surface area (Å²) in [6.07, 6.45) is 0. The van der Waals surface area contributed by atoms with Crippen molar-refractivity contribution >= 4 is 57.2 Å². The van der Waals surface area contributed by atoms with Crippen LogP contribution in [0, 0.1) is 6.92 Å². The average Bonchev–Trinajstić information content (AvgIpc) is 3.03. The first-order valence-electron chi connectivity index (χ1n) is 7.09. The molecule has 0 aliphatic rings. The van der Waals surface area contributed by atoms with Crippen molar-refractivity contribution in [1.29, 1.82) is 0 Å². The van der Waals surface area contributed by atoms with Crippen LogP contribution >= 0.6 is 51.2 Å². The highest BCUT2D eigenvalue weighted by Crippen LogP contribution is 2.23. The SMILES string of the molecule is CCNC(=NCc1nnc(C)n1C)N(C)Cc1ccc(Br)s1.I. The fourth-order valence-corrected chi connectivity index (χ4v) is 3.49. The van der Waals surface area contributed by atoms with Gasteiger partial charge in [-0.25, -0.2) is 4.99 Å². The maximum absolute atomic E-state index is 4.66. The molecule has 0 unspecified atom stereocenters. The van der Waals surface area contributed by atoms with Crippen LogP contribution in [0.2, 0.25) is 0 Å². The van der Waals surface area contributed by atoms with E-state index in [-0.39, 0.29) is 24.0 Å². The van der Waals surface area contributed by atoms with Crippen LogP contribution in [0.15, 0.2) is 20.9 Å². The fourth-order valence-electron chi connectivity index (χ4n) is 1.95. The molecule has 9 heteroatoms. The van der Waals surface area contributed by atoms with Crippen LogP contribution in [-0.2, 0) is 20.1 Å². The molecule has 2 heterocycles. The van der Waals surface area contributed by atoms with Crippen LogP contribution < -0.4 is 5.32 Å². The van der Waals surface area contributed by atoms with Gasteiger partial charge >= 0.3 is 0 Å². The summed E-state index contributed by atoms with van der Waals surface area (Å²) in [6.45, 7) is 6.16. The second-order valence-corrected chi connectivity index (χ2v) is 7.50. The standard InChI is InChI=1S/C14H21BrN6S.HI/c1-5-16-14(17-8-13-19-18-10(2)21(13)4)20(3)9-11-6-7-12(15)22-11;/h6-7H,5,8-9H2,1-4H3,(H,16,17);1H. The zero-order chi connectivity index (χ0) is 16.1. The first-order chi connectivity index (χ1) is 10.5. The molecule has 0 spiro atoms. The Kier molecular flexibility index (Phi) is 8.48. The molecule has 2 aromatic heterocycles. The molecule has 0 fully saturated rings. The molecule has 0 saturated heterocycles. The van der Waals surface area contributed by atoms with Crippen molar-refractivity contribution in [2.75, 3.05) is 13.6 Å². The maximum Gasteiger partial charge on any atom is 0.194 e. The van der Waals surface area contributed by atoms with Crippen molar-refractivity contribution in [3.63, 3.8) is 0 Å². The van der Waals surface area contributed by atoms with Gasteiger partial charge in [-0.2, -0.15) is 0 Å². The molecule has 23 heavy (non-hydrogen) atoms. The predicted octanol–water partition coefficient (Wildman–Crippen LogP) is 3.16. The minimum Gasteiger partial charge on any atom is -0.357 e.